The number of likely N-dealkylation sites (tertiary alicyclic amines) is 1. The minimum Gasteiger partial charge on any atom is -0.355 e. The zero-order chi connectivity index (χ0) is 26.1. The Bertz CT molecular complexity index is 1480. The van der Waals surface area contributed by atoms with E-state index in [4.69, 9.17) is 0 Å². The first-order chi connectivity index (χ1) is 18.5. The van der Waals surface area contributed by atoms with Gasteiger partial charge in [0.05, 0.1) is 26.8 Å². The highest BCUT2D eigenvalue weighted by Crippen LogP contribution is 2.32. The monoisotopic (exact) mass is 528 g/mol. The summed E-state index contributed by atoms with van der Waals surface area (Å²) in [6.07, 6.45) is 10.00. The molecule has 1 saturated heterocycles. The van der Waals surface area contributed by atoms with E-state index in [-0.39, 0.29) is 11.3 Å². The molecule has 3 aromatic heterocycles. The molecule has 1 amide bonds. The predicted octanol–water partition coefficient (Wildman–Crippen LogP) is 6.43. The number of H-pyrrole nitrogens is 1. The molecule has 0 atom stereocenters. The van der Waals surface area contributed by atoms with E-state index in [0.717, 1.165) is 70.9 Å². The number of amides is 1. The van der Waals surface area contributed by atoms with E-state index in [1.807, 2.05) is 28.7 Å². The lowest BCUT2D eigenvalue weighted by Crippen LogP contribution is -2.48. The van der Waals surface area contributed by atoms with Crippen molar-refractivity contribution in [2.24, 2.45) is 5.41 Å². The van der Waals surface area contributed by atoms with Gasteiger partial charge in [0.1, 0.15) is 5.65 Å². The van der Waals surface area contributed by atoms with Crippen LogP contribution in [0.2, 0.25) is 0 Å². The van der Waals surface area contributed by atoms with Crippen molar-refractivity contribution in [3.05, 3.63) is 53.8 Å². The molecule has 1 fully saturated rings. The number of carbonyl (C=O) groups is 1. The average molecular weight is 529 g/mol. The smallest absolute Gasteiger partial charge is 0.229 e. The molecule has 1 aromatic carbocycles. The number of rotatable bonds is 6. The number of carbonyl (C=O) groups excluding carboxylic acids is 1. The second kappa shape index (κ2) is 10.5. The maximum atomic E-state index is 13.5. The molecular formula is C30H36N6OS. The Labute approximate surface area is 228 Å². The maximum absolute atomic E-state index is 13.5. The molecule has 0 bridgehead atoms. The summed E-state index contributed by atoms with van der Waals surface area (Å²) in [5, 5.41) is 4.62. The highest BCUT2D eigenvalue weighted by atomic mass is 32.1. The van der Waals surface area contributed by atoms with Crippen LogP contribution in [0.4, 0.5) is 11.4 Å². The van der Waals surface area contributed by atoms with Crippen LogP contribution in [0.25, 0.3) is 26.8 Å². The number of benzene rings is 1. The van der Waals surface area contributed by atoms with Gasteiger partial charge in [-0.3, -0.25) is 4.79 Å². The summed E-state index contributed by atoms with van der Waals surface area (Å²) in [7, 11) is 0. The lowest BCUT2D eigenvalue weighted by molar-refractivity contribution is -0.141. The summed E-state index contributed by atoms with van der Waals surface area (Å²) >= 11 is 1.64. The van der Waals surface area contributed by atoms with Crippen LogP contribution in [0, 0.1) is 5.41 Å². The molecule has 38 heavy (non-hydrogen) atoms. The zero-order valence-electron chi connectivity index (χ0n) is 22.3. The Hall–Kier alpha value is -3.23. The van der Waals surface area contributed by atoms with Crippen molar-refractivity contribution >= 4 is 55.4 Å². The third-order valence-electron chi connectivity index (χ3n) is 7.88. The van der Waals surface area contributed by atoms with E-state index >= 15 is 0 Å². The number of nitrogens with zero attached hydrogens (tertiary/aromatic N) is 4. The van der Waals surface area contributed by atoms with Gasteiger partial charge in [-0.05, 0) is 82.1 Å². The summed E-state index contributed by atoms with van der Waals surface area (Å²) in [4.78, 5) is 30.5. The lowest BCUT2D eigenvalue weighted by atomic mass is 9.89. The average Bonchev–Trinajstić information content (AvgIpc) is 3.50. The quantitative estimate of drug-likeness (QED) is 0.301. The Morgan fingerprint density at radius 2 is 1.92 bits per heavy atom. The van der Waals surface area contributed by atoms with E-state index in [1.54, 1.807) is 11.3 Å². The van der Waals surface area contributed by atoms with Crippen molar-refractivity contribution < 1.29 is 4.79 Å². The molecule has 0 radical (unpaired) electrons. The summed E-state index contributed by atoms with van der Waals surface area (Å²) in [6, 6.07) is 10.4. The topological polar surface area (TPSA) is 77.2 Å². The van der Waals surface area contributed by atoms with Crippen LogP contribution in [0.5, 0.6) is 0 Å². The van der Waals surface area contributed by atoms with Crippen LogP contribution >= 0.6 is 11.3 Å². The number of aromatic nitrogens is 3. The molecule has 0 saturated carbocycles. The minimum atomic E-state index is -0.372. The molecule has 6 rings (SSSR count). The molecule has 198 valence electrons. The standard InChI is InChI=1S/C30H36N6OS/c1-30(2,19-35-13-5-3-4-6-14-35)29(37)36-15-10-21(11-16-36)26-18-23-24(9-12-31-28(23)34-26)33-22-7-8-25-27(17-22)38-20-32-25/h7-10,12,17-18,20H,3-6,11,13-16,19H2,1-2H3,(H2,31,33,34). The van der Waals surface area contributed by atoms with E-state index in [0.29, 0.717) is 6.54 Å². The highest BCUT2D eigenvalue weighted by molar-refractivity contribution is 7.16. The van der Waals surface area contributed by atoms with Gasteiger partial charge in [-0.25, -0.2) is 9.97 Å². The highest BCUT2D eigenvalue weighted by Gasteiger charge is 2.34. The second-order valence-electron chi connectivity index (χ2n) is 11.3. The Balaban J connectivity index is 1.15. The summed E-state index contributed by atoms with van der Waals surface area (Å²) in [5.74, 6) is 0.264. The molecule has 5 heterocycles. The van der Waals surface area contributed by atoms with Gasteiger partial charge in [-0.1, -0.05) is 18.9 Å². The van der Waals surface area contributed by atoms with Crippen molar-refractivity contribution in [3.63, 3.8) is 0 Å². The van der Waals surface area contributed by atoms with E-state index in [1.165, 1.54) is 31.3 Å². The van der Waals surface area contributed by atoms with Crippen LogP contribution in [0.1, 0.15) is 51.6 Å². The summed E-state index contributed by atoms with van der Waals surface area (Å²) in [6.45, 7) is 8.71. The van der Waals surface area contributed by atoms with Gasteiger partial charge in [-0.2, -0.15) is 0 Å². The van der Waals surface area contributed by atoms with Gasteiger partial charge in [-0.15, -0.1) is 11.3 Å². The predicted molar refractivity (Wildman–Crippen MR) is 157 cm³/mol. The normalized spacial score (nSPS) is 17.5. The molecule has 7 nitrogen and oxygen atoms in total. The van der Waals surface area contributed by atoms with Crippen LogP contribution < -0.4 is 5.32 Å². The van der Waals surface area contributed by atoms with Gasteiger partial charge in [0.2, 0.25) is 5.91 Å². The number of hydrogen-bond donors (Lipinski definition) is 2. The molecule has 8 heteroatoms. The number of fused-ring (bicyclic) bond motifs is 2. The van der Waals surface area contributed by atoms with Gasteiger partial charge in [0.25, 0.3) is 0 Å². The molecule has 0 aliphatic carbocycles. The summed E-state index contributed by atoms with van der Waals surface area (Å²) < 4.78 is 1.16. The molecule has 4 aromatic rings. The molecule has 2 aliphatic heterocycles. The van der Waals surface area contributed by atoms with Crippen LogP contribution in [0.3, 0.4) is 0 Å². The Morgan fingerprint density at radius 3 is 2.71 bits per heavy atom. The van der Waals surface area contributed by atoms with Crippen molar-refractivity contribution in [1.82, 2.24) is 24.8 Å². The zero-order valence-corrected chi connectivity index (χ0v) is 23.1. The number of aromatic amines is 1. The maximum Gasteiger partial charge on any atom is 0.229 e. The molecule has 0 spiro atoms. The molecular weight excluding hydrogens is 492 g/mol. The largest absolute Gasteiger partial charge is 0.355 e. The van der Waals surface area contributed by atoms with Crippen molar-refractivity contribution in [3.8, 4) is 0 Å². The Kier molecular flexibility index (Phi) is 6.93. The fourth-order valence-corrected chi connectivity index (χ4v) is 6.56. The van der Waals surface area contributed by atoms with Crippen molar-refractivity contribution in [1.29, 1.82) is 0 Å². The van der Waals surface area contributed by atoms with E-state index < -0.39 is 0 Å². The van der Waals surface area contributed by atoms with Gasteiger partial charge >= 0.3 is 0 Å². The van der Waals surface area contributed by atoms with Crippen molar-refractivity contribution in [2.45, 2.75) is 46.0 Å². The van der Waals surface area contributed by atoms with Crippen LogP contribution in [-0.2, 0) is 4.79 Å². The molecule has 0 unspecified atom stereocenters. The third-order valence-corrected chi connectivity index (χ3v) is 8.67. The fourth-order valence-electron chi connectivity index (χ4n) is 5.84. The van der Waals surface area contributed by atoms with Gasteiger partial charge in [0.15, 0.2) is 0 Å². The van der Waals surface area contributed by atoms with E-state index in [2.05, 4.69) is 63.3 Å². The lowest BCUT2D eigenvalue weighted by Gasteiger charge is -2.36. The van der Waals surface area contributed by atoms with E-state index in [9.17, 15) is 4.79 Å². The van der Waals surface area contributed by atoms with Crippen LogP contribution in [0.15, 0.2) is 48.1 Å². The second-order valence-corrected chi connectivity index (χ2v) is 12.2. The summed E-state index contributed by atoms with van der Waals surface area (Å²) in [5.41, 5.74) is 7.76. The number of hydrogen-bond acceptors (Lipinski definition) is 6. The first-order valence-corrected chi connectivity index (χ1v) is 14.6. The first-order valence-electron chi connectivity index (χ1n) is 13.8. The number of nitrogens with one attached hydrogen (secondary N) is 2. The van der Waals surface area contributed by atoms with Gasteiger partial charge < -0.3 is 20.1 Å². The molecule has 2 N–H and O–H groups in total. The third kappa shape index (κ3) is 5.20. The SMILES string of the molecule is CC(C)(CN1CCCCCC1)C(=O)N1CC=C(c2cc3c(Nc4ccc5ncsc5c4)ccnc3[nH]2)CC1. The van der Waals surface area contributed by atoms with Crippen LogP contribution in [-0.4, -0.2) is 63.4 Å². The Morgan fingerprint density at radius 1 is 1.08 bits per heavy atom. The first kappa shape index (κ1) is 25.1. The van der Waals surface area contributed by atoms with Gasteiger partial charge in [0, 0.05) is 42.6 Å². The minimum absolute atomic E-state index is 0.264. The number of pyridine rings is 1. The molecule has 2 aliphatic rings. The number of thiazole rings is 1. The van der Waals surface area contributed by atoms with Crippen molar-refractivity contribution in [2.75, 3.05) is 38.0 Å². The number of anilines is 2. The fraction of sp³-hybridized carbons (Fsp3) is 0.433.